The topological polar surface area (TPSA) is 99.0 Å². The summed E-state index contributed by atoms with van der Waals surface area (Å²) >= 11 is 0.731. The number of anilines is 1. The van der Waals surface area contributed by atoms with Crippen molar-refractivity contribution in [2.75, 3.05) is 4.72 Å². The Labute approximate surface area is 190 Å². The molecule has 0 aliphatic carbocycles. The van der Waals surface area contributed by atoms with E-state index in [1.165, 1.54) is 0 Å². The number of hydrogen-bond donors (Lipinski definition) is 1. The average molecular weight is 521 g/mol. The van der Waals surface area contributed by atoms with Crippen LogP contribution in [0.3, 0.4) is 0 Å². The summed E-state index contributed by atoms with van der Waals surface area (Å²) < 4.78 is 118. The van der Waals surface area contributed by atoms with Gasteiger partial charge in [-0.1, -0.05) is 0 Å². The van der Waals surface area contributed by atoms with Crippen molar-refractivity contribution in [2.45, 2.75) is 11.1 Å². The molecule has 0 unspecified atom stereocenters. The third-order valence-corrected chi connectivity index (χ3v) is 6.16. The lowest BCUT2D eigenvalue weighted by molar-refractivity contribution is -0.141. The van der Waals surface area contributed by atoms with Gasteiger partial charge in [0, 0.05) is 23.7 Å². The molecule has 2 aromatic heterocycles. The maximum Gasteiger partial charge on any atom is 0.435 e. The first-order valence-electron chi connectivity index (χ1n) is 8.83. The Kier molecular flexibility index (Phi) is 5.94. The molecule has 0 saturated heterocycles. The van der Waals surface area contributed by atoms with Gasteiger partial charge in [-0.15, -0.1) is 0 Å². The fourth-order valence-corrected chi connectivity index (χ4v) is 4.30. The lowest BCUT2D eigenvalue weighted by Crippen LogP contribution is -2.13. The van der Waals surface area contributed by atoms with Crippen LogP contribution in [0.4, 0.5) is 31.5 Å². The molecule has 0 atom stereocenters. The highest BCUT2D eigenvalue weighted by Crippen LogP contribution is 2.35. The molecule has 2 aromatic carbocycles. The fraction of sp³-hybridized carbons (Fsp3) is 0.0556. The predicted octanol–water partition coefficient (Wildman–Crippen LogP) is 4.75. The molecule has 0 amide bonds. The van der Waals surface area contributed by atoms with Crippen molar-refractivity contribution < 1.29 is 39.5 Å². The van der Waals surface area contributed by atoms with Crippen LogP contribution in [0.15, 0.2) is 53.7 Å². The molecule has 2 heterocycles. The van der Waals surface area contributed by atoms with E-state index in [0.29, 0.717) is 28.9 Å². The van der Waals surface area contributed by atoms with Crippen molar-refractivity contribution in [3.8, 4) is 17.3 Å². The van der Waals surface area contributed by atoms with E-state index in [1.54, 1.807) is 0 Å². The van der Waals surface area contributed by atoms with Crippen LogP contribution in [-0.2, 0) is 16.2 Å². The minimum Gasteiger partial charge on any atom is -0.436 e. The highest BCUT2D eigenvalue weighted by molar-refractivity contribution is 7.93. The van der Waals surface area contributed by atoms with Gasteiger partial charge in [-0.25, -0.2) is 26.6 Å². The first-order valence-corrected chi connectivity index (χ1v) is 11.1. The molecule has 178 valence electrons. The van der Waals surface area contributed by atoms with E-state index in [0.717, 1.165) is 36.1 Å². The van der Waals surface area contributed by atoms with Crippen molar-refractivity contribution in [3.05, 3.63) is 71.9 Å². The smallest absolute Gasteiger partial charge is 0.435 e. The molecule has 0 spiro atoms. The molecule has 0 aliphatic heterocycles. The summed E-state index contributed by atoms with van der Waals surface area (Å²) in [5.74, 6) is -4.90. The number of hydrogen-bond acceptors (Lipinski definition) is 7. The molecule has 4 rings (SSSR count). The first-order chi connectivity index (χ1) is 15.9. The van der Waals surface area contributed by atoms with E-state index < -0.39 is 61.6 Å². The number of aromatic nitrogens is 4. The number of sulfonamides is 1. The minimum atomic E-state index is -4.99. The van der Waals surface area contributed by atoms with Crippen LogP contribution in [0.5, 0.6) is 11.6 Å². The van der Waals surface area contributed by atoms with Crippen molar-refractivity contribution in [3.63, 3.8) is 0 Å². The third kappa shape index (κ3) is 4.81. The van der Waals surface area contributed by atoms with Gasteiger partial charge < -0.3 is 4.74 Å². The molecule has 1 N–H and O–H groups in total. The lowest BCUT2D eigenvalue weighted by Gasteiger charge is -2.11. The predicted molar refractivity (Wildman–Crippen MR) is 106 cm³/mol. The van der Waals surface area contributed by atoms with E-state index >= 15 is 0 Å². The average Bonchev–Trinajstić information content (AvgIpc) is 3.40. The Balaban J connectivity index is 1.71. The Morgan fingerprint density at radius 2 is 1.76 bits per heavy atom. The summed E-state index contributed by atoms with van der Waals surface area (Å²) in [6, 6.07) is 4.61. The van der Waals surface area contributed by atoms with Crippen LogP contribution in [0.2, 0.25) is 0 Å². The molecule has 0 bridgehead atoms. The molecular weight excluding hydrogens is 512 g/mol. The zero-order valence-electron chi connectivity index (χ0n) is 16.2. The maximum absolute atomic E-state index is 14.6. The lowest BCUT2D eigenvalue weighted by atomic mass is 10.3. The summed E-state index contributed by atoms with van der Waals surface area (Å²) in [7, 11) is -4.27. The number of benzene rings is 2. The highest BCUT2D eigenvalue weighted by atomic mass is 32.2. The van der Waals surface area contributed by atoms with Crippen LogP contribution in [0.25, 0.3) is 5.69 Å². The highest BCUT2D eigenvalue weighted by Gasteiger charge is 2.36. The van der Waals surface area contributed by atoms with E-state index in [9.17, 15) is 34.8 Å². The Hall–Kier alpha value is -3.66. The van der Waals surface area contributed by atoms with Gasteiger partial charge in [0.15, 0.2) is 17.3 Å². The van der Waals surface area contributed by atoms with Gasteiger partial charge >= 0.3 is 6.18 Å². The summed E-state index contributed by atoms with van der Waals surface area (Å²) in [6.07, 6.45) is -3.89. The van der Waals surface area contributed by atoms with Crippen molar-refractivity contribution >= 4 is 26.7 Å². The molecule has 34 heavy (non-hydrogen) atoms. The van der Waals surface area contributed by atoms with Crippen LogP contribution in [0, 0.1) is 17.5 Å². The van der Waals surface area contributed by atoms with Crippen molar-refractivity contribution in [1.82, 2.24) is 19.1 Å². The molecule has 8 nitrogen and oxygen atoms in total. The van der Waals surface area contributed by atoms with Gasteiger partial charge in [0.2, 0.25) is 11.0 Å². The molecule has 0 fully saturated rings. The second-order valence-electron chi connectivity index (χ2n) is 6.42. The van der Waals surface area contributed by atoms with Gasteiger partial charge in [0.05, 0.1) is 4.90 Å². The molecular formula is C18H9F6N5O3S2. The maximum atomic E-state index is 14.6. The summed E-state index contributed by atoms with van der Waals surface area (Å²) in [5, 5.41) is 3.12. The van der Waals surface area contributed by atoms with Gasteiger partial charge in [-0.2, -0.15) is 27.3 Å². The van der Waals surface area contributed by atoms with Gasteiger partial charge in [-0.05, 0) is 30.3 Å². The minimum absolute atomic E-state index is 0.0820. The number of alkyl halides is 3. The molecule has 4 aromatic rings. The van der Waals surface area contributed by atoms with Crippen molar-refractivity contribution in [2.24, 2.45) is 0 Å². The Morgan fingerprint density at radius 3 is 2.41 bits per heavy atom. The largest absolute Gasteiger partial charge is 0.436 e. The zero-order valence-corrected chi connectivity index (χ0v) is 17.8. The number of nitrogens with zero attached hydrogens (tertiary/aromatic N) is 4. The SMILES string of the molecule is O=S(=O)(Nc1ncns1)c1ccc(Oc2cc(C(F)(F)F)nn2-c2cc(F)ccc2F)c(F)c1. The van der Waals surface area contributed by atoms with E-state index in [2.05, 4.69) is 19.2 Å². The quantitative estimate of drug-likeness (QED) is 0.368. The summed E-state index contributed by atoms with van der Waals surface area (Å²) in [4.78, 5) is 3.09. The van der Waals surface area contributed by atoms with Crippen LogP contribution in [0.1, 0.15) is 5.69 Å². The van der Waals surface area contributed by atoms with Gasteiger partial charge in [0.25, 0.3) is 10.0 Å². The molecule has 16 heteroatoms. The third-order valence-electron chi connectivity index (χ3n) is 4.11. The second kappa shape index (κ2) is 8.60. The van der Waals surface area contributed by atoms with E-state index in [-0.39, 0.29) is 5.13 Å². The standard InChI is InChI=1S/C18H9F6N5O3S2/c19-9-1-3-11(20)13(5-9)29-16(7-15(27-29)18(22,23)24)32-14-4-2-10(6-12(14)21)34(30,31)28-17-25-8-26-33-17/h1-8H,(H,25,26,28). The van der Waals surface area contributed by atoms with E-state index in [1.807, 2.05) is 0 Å². The summed E-state index contributed by atoms with van der Waals surface area (Å²) in [5.41, 5.74) is -2.25. The van der Waals surface area contributed by atoms with Gasteiger partial charge in [0.1, 0.15) is 23.6 Å². The first kappa shape index (κ1) is 23.5. The number of ether oxygens (including phenoxy) is 1. The van der Waals surface area contributed by atoms with Crippen LogP contribution >= 0.6 is 11.5 Å². The number of rotatable bonds is 6. The zero-order chi connectivity index (χ0) is 24.7. The van der Waals surface area contributed by atoms with Crippen LogP contribution in [-0.4, -0.2) is 27.6 Å². The molecule has 0 saturated carbocycles. The second-order valence-corrected chi connectivity index (χ2v) is 8.88. The normalized spacial score (nSPS) is 12.1. The van der Waals surface area contributed by atoms with Crippen molar-refractivity contribution in [1.29, 1.82) is 0 Å². The molecule has 0 radical (unpaired) electrons. The fourth-order valence-electron chi connectivity index (χ4n) is 2.63. The Bertz CT molecular complexity index is 1460. The summed E-state index contributed by atoms with van der Waals surface area (Å²) in [6.45, 7) is 0. The monoisotopic (exact) mass is 521 g/mol. The Morgan fingerprint density at radius 1 is 1.00 bits per heavy atom. The van der Waals surface area contributed by atoms with E-state index in [4.69, 9.17) is 4.74 Å². The van der Waals surface area contributed by atoms with Gasteiger partial charge in [-0.3, -0.25) is 4.72 Å². The number of halogens is 6. The van der Waals surface area contributed by atoms with Crippen LogP contribution < -0.4 is 9.46 Å². The number of nitrogens with one attached hydrogen (secondary N) is 1. The molecule has 0 aliphatic rings.